The van der Waals surface area contributed by atoms with Crippen molar-refractivity contribution in [2.75, 3.05) is 7.11 Å². The average molecular weight is 344 g/mol. The zero-order valence-electron chi connectivity index (χ0n) is 14.2. The van der Waals surface area contributed by atoms with E-state index in [1.807, 2.05) is 6.07 Å². The Hall–Kier alpha value is -2.47. The van der Waals surface area contributed by atoms with Gasteiger partial charge in [0.2, 0.25) is 5.88 Å². The maximum atomic E-state index is 13.7. The smallest absolute Gasteiger partial charge is 0.252 e. The SMILES string of the molecule is COc1ccc([C@H](NC(=O)c2cccc(F)c2C)C2CC(O)C2)cn1. The molecule has 0 bridgehead atoms. The predicted octanol–water partition coefficient (Wildman–Crippen LogP) is 2.78. The Kier molecular flexibility index (Phi) is 4.99. The molecule has 0 unspecified atom stereocenters. The van der Waals surface area contributed by atoms with Crippen molar-refractivity contribution >= 4 is 5.91 Å². The van der Waals surface area contributed by atoms with Crippen molar-refractivity contribution < 1.29 is 19.0 Å². The lowest BCUT2D eigenvalue weighted by molar-refractivity contribution is 0.0234. The highest BCUT2D eigenvalue weighted by molar-refractivity contribution is 5.95. The molecule has 1 saturated carbocycles. The predicted molar refractivity (Wildman–Crippen MR) is 90.9 cm³/mol. The standard InChI is InChI=1S/C19H21FN2O3/c1-11-15(4-3-5-16(11)20)19(24)22-18(13-8-14(23)9-13)12-6-7-17(25-2)21-10-12/h3-7,10,13-14,18,23H,8-9H2,1-2H3,(H,22,24)/t13?,14?,18-/m0/s1. The number of rotatable bonds is 5. The van der Waals surface area contributed by atoms with Crippen molar-refractivity contribution in [3.05, 3.63) is 59.0 Å². The van der Waals surface area contributed by atoms with Crippen LogP contribution in [0.25, 0.3) is 0 Å². The molecule has 0 spiro atoms. The molecule has 1 aliphatic carbocycles. The molecule has 1 fully saturated rings. The fourth-order valence-electron chi connectivity index (χ4n) is 3.14. The third-order valence-electron chi connectivity index (χ3n) is 4.75. The molecule has 132 valence electrons. The van der Waals surface area contributed by atoms with E-state index >= 15 is 0 Å². The van der Waals surface area contributed by atoms with Crippen LogP contribution in [0.5, 0.6) is 5.88 Å². The van der Waals surface area contributed by atoms with Gasteiger partial charge in [0.05, 0.1) is 19.3 Å². The van der Waals surface area contributed by atoms with Crippen LogP contribution in [0.1, 0.15) is 40.4 Å². The van der Waals surface area contributed by atoms with E-state index in [9.17, 15) is 14.3 Å². The normalized spacial score (nSPS) is 20.5. The molecular weight excluding hydrogens is 323 g/mol. The molecule has 25 heavy (non-hydrogen) atoms. The number of aromatic nitrogens is 1. The fourth-order valence-corrected chi connectivity index (χ4v) is 3.14. The molecular formula is C19H21FN2O3. The number of amides is 1. The number of nitrogens with zero attached hydrogens (tertiary/aromatic N) is 1. The molecule has 1 aliphatic rings. The second kappa shape index (κ2) is 7.19. The van der Waals surface area contributed by atoms with E-state index in [4.69, 9.17) is 4.74 Å². The van der Waals surface area contributed by atoms with Gasteiger partial charge in [-0.2, -0.15) is 0 Å². The Morgan fingerprint density at radius 2 is 2.12 bits per heavy atom. The van der Waals surface area contributed by atoms with Crippen LogP contribution in [0, 0.1) is 18.7 Å². The first-order valence-corrected chi connectivity index (χ1v) is 8.23. The highest BCUT2D eigenvalue weighted by atomic mass is 19.1. The number of aliphatic hydroxyl groups is 1. The third-order valence-corrected chi connectivity index (χ3v) is 4.75. The summed E-state index contributed by atoms with van der Waals surface area (Å²) in [5.74, 6) is -0.139. The van der Waals surface area contributed by atoms with E-state index in [1.54, 1.807) is 25.3 Å². The van der Waals surface area contributed by atoms with Crippen LogP contribution in [-0.4, -0.2) is 29.2 Å². The molecule has 1 atom stereocenters. The first kappa shape index (κ1) is 17.4. The van der Waals surface area contributed by atoms with Gasteiger partial charge >= 0.3 is 0 Å². The van der Waals surface area contributed by atoms with Gasteiger partial charge in [-0.15, -0.1) is 0 Å². The molecule has 0 radical (unpaired) electrons. The zero-order valence-corrected chi connectivity index (χ0v) is 14.2. The number of carbonyl (C=O) groups excluding carboxylic acids is 1. The third kappa shape index (κ3) is 3.64. The Labute approximate surface area is 145 Å². The van der Waals surface area contributed by atoms with Crippen molar-refractivity contribution in [3.63, 3.8) is 0 Å². The summed E-state index contributed by atoms with van der Waals surface area (Å²) in [7, 11) is 1.54. The number of aliphatic hydroxyl groups excluding tert-OH is 1. The Morgan fingerprint density at radius 3 is 2.72 bits per heavy atom. The molecule has 2 N–H and O–H groups in total. The number of hydrogen-bond acceptors (Lipinski definition) is 4. The van der Waals surface area contributed by atoms with E-state index in [2.05, 4.69) is 10.3 Å². The Morgan fingerprint density at radius 1 is 1.36 bits per heavy atom. The topological polar surface area (TPSA) is 71.5 Å². The molecule has 3 rings (SSSR count). The summed E-state index contributed by atoms with van der Waals surface area (Å²) in [4.78, 5) is 16.9. The summed E-state index contributed by atoms with van der Waals surface area (Å²) in [6.07, 6.45) is 2.54. The molecule has 1 heterocycles. The van der Waals surface area contributed by atoms with Crippen LogP contribution in [0.4, 0.5) is 4.39 Å². The number of benzene rings is 1. The largest absolute Gasteiger partial charge is 0.481 e. The molecule has 0 aliphatic heterocycles. The van der Waals surface area contributed by atoms with Crippen LogP contribution >= 0.6 is 0 Å². The summed E-state index contributed by atoms with van der Waals surface area (Å²) < 4.78 is 18.8. The van der Waals surface area contributed by atoms with Gasteiger partial charge in [0.1, 0.15) is 5.82 Å². The highest BCUT2D eigenvalue weighted by Crippen LogP contribution is 2.38. The van der Waals surface area contributed by atoms with Gasteiger partial charge in [0.25, 0.3) is 5.91 Å². The summed E-state index contributed by atoms with van der Waals surface area (Å²) in [6, 6.07) is 7.74. The number of hydrogen-bond donors (Lipinski definition) is 2. The van der Waals surface area contributed by atoms with E-state index < -0.39 is 5.82 Å². The van der Waals surface area contributed by atoms with Crippen molar-refractivity contribution in [3.8, 4) is 5.88 Å². The van der Waals surface area contributed by atoms with Gasteiger partial charge < -0.3 is 15.2 Å². The summed E-state index contributed by atoms with van der Waals surface area (Å²) in [6.45, 7) is 1.58. The number of carbonyl (C=O) groups is 1. The fraction of sp³-hybridized carbons (Fsp3) is 0.368. The van der Waals surface area contributed by atoms with Crippen LogP contribution in [0.15, 0.2) is 36.5 Å². The quantitative estimate of drug-likeness (QED) is 0.875. The number of halogens is 1. The number of nitrogens with one attached hydrogen (secondary N) is 1. The number of ether oxygens (including phenoxy) is 1. The summed E-state index contributed by atoms with van der Waals surface area (Å²) in [5.41, 5.74) is 1.46. The van der Waals surface area contributed by atoms with Gasteiger partial charge in [0, 0.05) is 17.8 Å². The van der Waals surface area contributed by atoms with Crippen LogP contribution in [-0.2, 0) is 0 Å². The van der Waals surface area contributed by atoms with Crippen molar-refractivity contribution in [1.82, 2.24) is 10.3 Å². The molecule has 5 nitrogen and oxygen atoms in total. The van der Waals surface area contributed by atoms with Crippen molar-refractivity contribution in [2.24, 2.45) is 5.92 Å². The molecule has 1 aromatic heterocycles. The first-order chi connectivity index (χ1) is 12.0. The van der Waals surface area contributed by atoms with E-state index in [0.717, 1.165) is 5.56 Å². The minimum Gasteiger partial charge on any atom is -0.481 e. The second-order valence-corrected chi connectivity index (χ2v) is 6.38. The van der Waals surface area contributed by atoms with Crippen LogP contribution in [0.3, 0.4) is 0 Å². The lowest BCUT2D eigenvalue weighted by Gasteiger charge is -2.38. The minimum absolute atomic E-state index is 0.114. The Balaban J connectivity index is 1.84. The average Bonchev–Trinajstić information content (AvgIpc) is 2.59. The van der Waals surface area contributed by atoms with Crippen LogP contribution < -0.4 is 10.1 Å². The number of methoxy groups -OCH3 is 1. The van der Waals surface area contributed by atoms with E-state index in [-0.39, 0.29) is 24.0 Å². The van der Waals surface area contributed by atoms with Gasteiger partial charge in [-0.05, 0) is 48.9 Å². The van der Waals surface area contributed by atoms with Gasteiger partial charge in [0.15, 0.2) is 0 Å². The minimum atomic E-state index is -0.408. The molecule has 6 heteroatoms. The van der Waals surface area contributed by atoms with Gasteiger partial charge in [-0.3, -0.25) is 4.79 Å². The molecule has 2 aromatic rings. The lowest BCUT2D eigenvalue weighted by Crippen LogP contribution is -2.41. The number of pyridine rings is 1. The maximum absolute atomic E-state index is 13.7. The van der Waals surface area contributed by atoms with Gasteiger partial charge in [-0.25, -0.2) is 9.37 Å². The maximum Gasteiger partial charge on any atom is 0.252 e. The monoisotopic (exact) mass is 344 g/mol. The van der Waals surface area contributed by atoms with Crippen molar-refractivity contribution in [2.45, 2.75) is 31.9 Å². The molecule has 1 amide bonds. The Bertz CT molecular complexity index is 758. The zero-order chi connectivity index (χ0) is 18.0. The van der Waals surface area contributed by atoms with Gasteiger partial charge in [-0.1, -0.05) is 12.1 Å². The van der Waals surface area contributed by atoms with Crippen molar-refractivity contribution in [1.29, 1.82) is 0 Å². The second-order valence-electron chi connectivity index (χ2n) is 6.38. The van der Waals surface area contributed by atoms with Crippen LogP contribution in [0.2, 0.25) is 0 Å². The first-order valence-electron chi connectivity index (χ1n) is 8.23. The molecule has 0 saturated heterocycles. The summed E-state index contributed by atoms with van der Waals surface area (Å²) in [5, 5.41) is 12.6. The van der Waals surface area contributed by atoms with E-state index in [1.165, 1.54) is 19.2 Å². The highest BCUT2D eigenvalue weighted by Gasteiger charge is 2.36. The molecule has 1 aromatic carbocycles. The summed E-state index contributed by atoms with van der Waals surface area (Å²) >= 11 is 0. The lowest BCUT2D eigenvalue weighted by atomic mass is 9.75. The van der Waals surface area contributed by atoms with E-state index in [0.29, 0.717) is 29.8 Å².